The first kappa shape index (κ1) is 15.7. The summed E-state index contributed by atoms with van der Waals surface area (Å²) >= 11 is 0. The van der Waals surface area contributed by atoms with E-state index in [0.29, 0.717) is 6.54 Å². The second-order valence-electron chi connectivity index (χ2n) is 6.67. The Morgan fingerprint density at radius 3 is 2.68 bits per heavy atom. The van der Waals surface area contributed by atoms with Crippen LogP contribution in [0, 0.1) is 13.8 Å². The number of carbonyl (C=O) groups is 1. The predicted molar refractivity (Wildman–Crippen MR) is 98.8 cm³/mol. The number of carbonyl (C=O) groups excluding carboxylic acids is 1. The van der Waals surface area contributed by atoms with Crippen molar-refractivity contribution >= 4 is 22.5 Å². The molecule has 1 N–H and O–H groups in total. The number of benzene rings is 1. The maximum absolute atomic E-state index is 12.6. The maximum Gasteiger partial charge on any atom is 0.244 e. The Kier molecular flexibility index (Phi) is 3.95. The highest BCUT2D eigenvalue weighted by Gasteiger charge is 2.23. The average Bonchev–Trinajstić information content (AvgIpc) is 3.21. The van der Waals surface area contributed by atoms with Gasteiger partial charge in [-0.1, -0.05) is 6.07 Å². The van der Waals surface area contributed by atoms with Gasteiger partial charge < -0.3 is 14.8 Å². The molecule has 4 rings (SSSR count). The molecule has 1 aromatic carbocycles. The van der Waals surface area contributed by atoms with Crippen molar-refractivity contribution in [3.63, 3.8) is 0 Å². The van der Waals surface area contributed by atoms with Gasteiger partial charge in [-0.15, -0.1) is 0 Å². The van der Waals surface area contributed by atoms with Crippen LogP contribution in [0.2, 0.25) is 0 Å². The van der Waals surface area contributed by atoms with Crippen molar-refractivity contribution in [2.24, 2.45) is 0 Å². The molecule has 3 aromatic rings. The van der Waals surface area contributed by atoms with Gasteiger partial charge in [0.05, 0.1) is 5.69 Å². The molecule has 1 fully saturated rings. The van der Waals surface area contributed by atoms with Gasteiger partial charge in [-0.2, -0.15) is 5.10 Å². The molecule has 0 aliphatic carbocycles. The molecule has 0 saturated carbocycles. The van der Waals surface area contributed by atoms with E-state index < -0.39 is 0 Å². The summed E-state index contributed by atoms with van der Waals surface area (Å²) in [6.07, 6.45) is 1.97. The molecule has 0 radical (unpaired) electrons. The second-order valence-corrected chi connectivity index (χ2v) is 6.67. The Morgan fingerprint density at radius 2 is 1.96 bits per heavy atom. The Hall–Kier alpha value is -2.76. The fourth-order valence-electron chi connectivity index (χ4n) is 3.60. The quantitative estimate of drug-likeness (QED) is 0.798. The van der Waals surface area contributed by atoms with Crippen LogP contribution in [0.15, 0.2) is 36.5 Å². The Bertz CT molecular complexity index is 902. The van der Waals surface area contributed by atoms with Crippen molar-refractivity contribution in [3.8, 4) is 0 Å². The highest BCUT2D eigenvalue weighted by Crippen LogP contribution is 2.26. The largest absolute Gasteiger partial charge is 0.367 e. The minimum absolute atomic E-state index is 0.144. The van der Waals surface area contributed by atoms with Crippen molar-refractivity contribution < 1.29 is 4.79 Å². The van der Waals surface area contributed by atoms with E-state index in [2.05, 4.69) is 39.2 Å². The van der Waals surface area contributed by atoms with Gasteiger partial charge in [0.2, 0.25) is 5.91 Å². The molecular formula is C19H23N5O. The topological polar surface area (TPSA) is 57.2 Å². The normalized spacial score (nSPS) is 15.1. The summed E-state index contributed by atoms with van der Waals surface area (Å²) in [4.78, 5) is 20.2. The average molecular weight is 337 g/mol. The number of hydrogen-bond donors (Lipinski definition) is 1. The predicted octanol–water partition coefficient (Wildman–Crippen LogP) is 2.33. The first-order chi connectivity index (χ1) is 12.1. The van der Waals surface area contributed by atoms with Gasteiger partial charge in [0, 0.05) is 54.7 Å². The molecule has 0 atom stereocenters. The smallest absolute Gasteiger partial charge is 0.244 e. The van der Waals surface area contributed by atoms with Crippen LogP contribution < -0.4 is 4.90 Å². The number of piperazine rings is 1. The summed E-state index contributed by atoms with van der Waals surface area (Å²) in [6, 6.07) is 10.4. The third-order valence-corrected chi connectivity index (χ3v) is 4.93. The number of amides is 1. The standard InChI is InChI=1S/C19H23N5O/c1-14-12-15(2)24(21-14)13-19(25)23-10-8-22(9-11-23)18-5-3-4-17-16(18)6-7-20-17/h3-7,12,20H,8-11,13H2,1-2H3. The number of hydrogen-bond acceptors (Lipinski definition) is 3. The zero-order valence-corrected chi connectivity index (χ0v) is 14.7. The fraction of sp³-hybridized carbons (Fsp3) is 0.368. The summed E-state index contributed by atoms with van der Waals surface area (Å²) in [6.45, 7) is 7.47. The van der Waals surface area contributed by atoms with E-state index in [0.717, 1.165) is 43.1 Å². The highest BCUT2D eigenvalue weighted by molar-refractivity contribution is 5.92. The zero-order valence-electron chi connectivity index (χ0n) is 14.7. The molecule has 6 nitrogen and oxygen atoms in total. The number of H-pyrrole nitrogens is 1. The van der Waals surface area contributed by atoms with E-state index in [1.54, 1.807) is 4.68 Å². The van der Waals surface area contributed by atoms with E-state index >= 15 is 0 Å². The number of nitrogens with zero attached hydrogens (tertiary/aromatic N) is 4. The number of rotatable bonds is 3. The summed E-state index contributed by atoms with van der Waals surface area (Å²) in [7, 11) is 0. The van der Waals surface area contributed by atoms with Gasteiger partial charge in [0.15, 0.2) is 0 Å². The Morgan fingerprint density at radius 1 is 1.16 bits per heavy atom. The highest BCUT2D eigenvalue weighted by atomic mass is 16.2. The van der Waals surface area contributed by atoms with Gasteiger partial charge in [0.25, 0.3) is 0 Å². The second kappa shape index (κ2) is 6.27. The summed E-state index contributed by atoms with van der Waals surface area (Å²) in [5.74, 6) is 0.144. The maximum atomic E-state index is 12.6. The van der Waals surface area contributed by atoms with E-state index in [1.165, 1.54) is 11.1 Å². The molecule has 0 unspecified atom stereocenters. The van der Waals surface area contributed by atoms with Gasteiger partial charge in [0.1, 0.15) is 6.54 Å². The van der Waals surface area contributed by atoms with Crippen LogP contribution >= 0.6 is 0 Å². The summed E-state index contributed by atoms with van der Waals surface area (Å²) < 4.78 is 1.80. The fourth-order valence-corrected chi connectivity index (χ4v) is 3.60. The summed E-state index contributed by atoms with van der Waals surface area (Å²) in [5, 5.41) is 5.63. The SMILES string of the molecule is Cc1cc(C)n(CC(=O)N2CCN(c3cccc4[nH]ccc34)CC2)n1. The van der Waals surface area contributed by atoms with Crippen LogP contribution in [-0.2, 0) is 11.3 Å². The van der Waals surface area contributed by atoms with E-state index in [-0.39, 0.29) is 5.91 Å². The Balaban J connectivity index is 1.42. The van der Waals surface area contributed by atoms with Crippen LogP contribution in [0.5, 0.6) is 0 Å². The van der Waals surface area contributed by atoms with Gasteiger partial charge >= 0.3 is 0 Å². The molecule has 3 heterocycles. The lowest BCUT2D eigenvalue weighted by Gasteiger charge is -2.36. The number of nitrogens with one attached hydrogen (secondary N) is 1. The number of aromatic nitrogens is 3. The van der Waals surface area contributed by atoms with Crippen LogP contribution in [0.4, 0.5) is 5.69 Å². The van der Waals surface area contributed by atoms with Crippen LogP contribution in [0.3, 0.4) is 0 Å². The molecule has 0 spiro atoms. The number of fused-ring (bicyclic) bond motifs is 1. The van der Waals surface area contributed by atoms with Crippen LogP contribution in [0.1, 0.15) is 11.4 Å². The van der Waals surface area contributed by atoms with E-state index in [1.807, 2.05) is 31.0 Å². The van der Waals surface area contributed by atoms with Crippen LogP contribution in [0.25, 0.3) is 10.9 Å². The van der Waals surface area contributed by atoms with Crippen molar-refractivity contribution in [1.29, 1.82) is 0 Å². The zero-order chi connectivity index (χ0) is 17.4. The van der Waals surface area contributed by atoms with Gasteiger partial charge in [-0.05, 0) is 38.1 Å². The van der Waals surface area contributed by atoms with Crippen molar-refractivity contribution in [1.82, 2.24) is 19.7 Å². The van der Waals surface area contributed by atoms with Gasteiger partial charge in [-0.25, -0.2) is 0 Å². The minimum Gasteiger partial charge on any atom is -0.367 e. The molecular weight excluding hydrogens is 314 g/mol. The lowest BCUT2D eigenvalue weighted by molar-refractivity contribution is -0.132. The minimum atomic E-state index is 0.144. The van der Waals surface area contributed by atoms with E-state index in [9.17, 15) is 4.79 Å². The van der Waals surface area contributed by atoms with Crippen molar-refractivity contribution in [3.05, 3.63) is 47.9 Å². The molecule has 1 amide bonds. The number of aromatic amines is 1. The van der Waals surface area contributed by atoms with Crippen molar-refractivity contribution in [2.45, 2.75) is 20.4 Å². The third-order valence-electron chi connectivity index (χ3n) is 4.93. The molecule has 2 aromatic heterocycles. The van der Waals surface area contributed by atoms with Gasteiger partial charge in [-0.3, -0.25) is 9.48 Å². The molecule has 1 saturated heterocycles. The molecule has 130 valence electrons. The third kappa shape index (κ3) is 2.99. The van der Waals surface area contributed by atoms with E-state index in [4.69, 9.17) is 0 Å². The number of aryl methyl sites for hydroxylation is 2. The molecule has 1 aliphatic rings. The first-order valence-electron chi connectivity index (χ1n) is 8.72. The van der Waals surface area contributed by atoms with Crippen molar-refractivity contribution in [2.75, 3.05) is 31.1 Å². The molecule has 6 heteroatoms. The molecule has 1 aliphatic heterocycles. The molecule has 0 bridgehead atoms. The van der Waals surface area contributed by atoms with Crippen LogP contribution in [-0.4, -0.2) is 51.8 Å². The molecule has 25 heavy (non-hydrogen) atoms. The lowest BCUT2D eigenvalue weighted by atomic mass is 10.1. The summed E-state index contributed by atoms with van der Waals surface area (Å²) in [5.41, 5.74) is 4.38. The lowest BCUT2D eigenvalue weighted by Crippen LogP contribution is -2.49. The Labute approximate surface area is 147 Å². The monoisotopic (exact) mass is 337 g/mol. The number of anilines is 1. The first-order valence-corrected chi connectivity index (χ1v) is 8.72.